The van der Waals surface area contributed by atoms with Crippen molar-refractivity contribution >= 4 is 56.1 Å². The van der Waals surface area contributed by atoms with Crippen LogP contribution in [0.4, 0.5) is 4.79 Å². The average molecular weight is 384 g/mol. The molecule has 0 spiro atoms. The Morgan fingerprint density at radius 1 is 1.42 bits per heavy atom. The van der Waals surface area contributed by atoms with Crippen LogP contribution in [0.25, 0.3) is 6.08 Å². The SMILES string of the molecule is O=C(CN1C(=O)S/C(=C\c2cccs2)C1=O)NC1C=CS(=O)(=O)C1. The smallest absolute Gasteiger partial charge is 0.294 e. The van der Waals surface area contributed by atoms with Gasteiger partial charge in [-0.1, -0.05) is 6.07 Å². The summed E-state index contributed by atoms with van der Waals surface area (Å²) in [5.41, 5.74) is 0. The highest BCUT2D eigenvalue weighted by molar-refractivity contribution is 8.18. The molecule has 3 amide bonds. The van der Waals surface area contributed by atoms with E-state index in [4.69, 9.17) is 0 Å². The summed E-state index contributed by atoms with van der Waals surface area (Å²) >= 11 is 2.21. The van der Waals surface area contributed by atoms with Crippen LogP contribution in [0, 0.1) is 0 Å². The van der Waals surface area contributed by atoms with E-state index < -0.39 is 39.5 Å². The number of thiophene rings is 1. The Balaban J connectivity index is 1.63. The first-order valence-corrected chi connectivity index (χ1v) is 10.2. The molecular formula is C14H12N2O5S3. The van der Waals surface area contributed by atoms with Crippen molar-refractivity contribution in [1.29, 1.82) is 0 Å². The van der Waals surface area contributed by atoms with Crippen molar-refractivity contribution in [3.63, 3.8) is 0 Å². The lowest BCUT2D eigenvalue weighted by molar-refractivity contribution is -0.129. The van der Waals surface area contributed by atoms with Crippen molar-refractivity contribution in [3.8, 4) is 0 Å². The molecule has 2 aliphatic rings. The molecule has 0 bridgehead atoms. The third kappa shape index (κ3) is 3.77. The van der Waals surface area contributed by atoms with Crippen molar-refractivity contribution in [2.75, 3.05) is 12.3 Å². The molecule has 2 aliphatic heterocycles. The predicted octanol–water partition coefficient (Wildman–Crippen LogP) is 1.21. The standard InChI is InChI=1S/C14H12N2O5S3/c17-12(15-9-3-5-24(20,21)8-9)7-16-13(18)11(23-14(16)19)6-10-2-1-4-22-10/h1-6,9H,7-8H2,(H,15,17)/b11-6-. The lowest BCUT2D eigenvalue weighted by atomic mass is 10.3. The molecule has 0 aliphatic carbocycles. The number of amides is 3. The Labute approximate surface area is 146 Å². The lowest BCUT2D eigenvalue weighted by Crippen LogP contribution is -2.43. The van der Waals surface area contributed by atoms with Crippen LogP contribution in [0.15, 0.2) is 33.9 Å². The number of imide groups is 1. The fraction of sp³-hybridized carbons (Fsp3) is 0.214. The topological polar surface area (TPSA) is 101 Å². The second-order valence-corrected chi connectivity index (χ2v) is 9.02. The van der Waals surface area contributed by atoms with Gasteiger partial charge in [0.2, 0.25) is 5.91 Å². The minimum Gasteiger partial charge on any atom is -0.347 e. The number of rotatable bonds is 4. The van der Waals surface area contributed by atoms with Gasteiger partial charge in [-0.15, -0.1) is 11.3 Å². The quantitative estimate of drug-likeness (QED) is 0.783. The van der Waals surface area contributed by atoms with Gasteiger partial charge in [0.15, 0.2) is 9.84 Å². The highest BCUT2D eigenvalue weighted by Gasteiger charge is 2.36. The first kappa shape index (κ1) is 16.9. The van der Waals surface area contributed by atoms with Crippen molar-refractivity contribution in [1.82, 2.24) is 10.2 Å². The number of carbonyl (C=O) groups excluding carboxylic acids is 3. The molecule has 1 N–H and O–H groups in total. The Bertz CT molecular complexity index is 855. The molecule has 1 aromatic rings. The van der Waals surface area contributed by atoms with Gasteiger partial charge in [0.05, 0.1) is 16.7 Å². The zero-order valence-corrected chi connectivity index (χ0v) is 14.6. The summed E-state index contributed by atoms with van der Waals surface area (Å²) in [6.07, 6.45) is 2.98. The first-order chi connectivity index (χ1) is 11.3. The van der Waals surface area contributed by atoms with Gasteiger partial charge in [-0.2, -0.15) is 0 Å². The van der Waals surface area contributed by atoms with Gasteiger partial charge in [0.25, 0.3) is 11.1 Å². The maximum absolute atomic E-state index is 12.2. The summed E-state index contributed by atoms with van der Waals surface area (Å²) in [4.78, 5) is 38.1. The van der Waals surface area contributed by atoms with Crippen molar-refractivity contribution in [3.05, 3.63) is 38.8 Å². The van der Waals surface area contributed by atoms with E-state index in [0.29, 0.717) is 0 Å². The molecule has 3 heterocycles. The molecule has 1 saturated heterocycles. The van der Waals surface area contributed by atoms with Crippen LogP contribution >= 0.6 is 23.1 Å². The van der Waals surface area contributed by atoms with Crippen LogP contribution in [-0.4, -0.2) is 48.7 Å². The number of hydrogen-bond donors (Lipinski definition) is 1. The molecule has 1 unspecified atom stereocenters. The molecule has 7 nitrogen and oxygen atoms in total. The minimum absolute atomic E-state index is 0.209. The molecule has 24 heavy (non-hydrogen) atoms. The van der Waals surface area contributed by atoms with Gasteiger partial charge in [0.1, 0.15) is 6.54 Å². The van der Waals surface area contributed by atoms with Gasteiger partial charge in [-0.25, -0.2) is 8.42 Å². The molecule has 0 aromatic carbocycles. The minimum atomic E-state index is -3.28. The van der Waals surface area contributed by atoms with Gasteiger partial charge in [-0.05, 0) is 35.4 Å². The van der Waals surface area contributed by atoms with E-state index in [0.717, 1.165) is 26.9 Å². The predicted molar refractivity (Wildman–Crippen MR) is 91.9 cm³/mol. The second-order valence-electron chi connectivity index (χ2n) is 5.12. The highest BCUT2D eigenvalue weighted by Crippen LogP contribution is 2.32. The van der Waals surface area contributed by atoms with Crippen LogP contribution in [0.2, 0.25) is 0 Å². The number of sulfone groups is 1. The number of nitrogens with one attached hydrogen (secondary N) is 1. The van der Waals surface area contributed by atoms with Crippen molar-refractivity contribution in [2.24, 2.45) is 0 Å². The van der Waals surface area contributed by atoms with E-state index in [1.54, 1.807) is 6.08 Å². The van der Waals surface area contributed by atoms with Crippen LogP contribution in [0.1, 0.15) is 4.88 Å². The average Bonchev–Trinajstić information content (AvgIpc) is 3.17. The molecule has 0 radical (unpaired) electrons. The van der Waals surface area contributed by atoms with Gasteiger partial charge < -0.3 is 5.32 Å². The maximum atomic E-state index is 12.2. The number of thioether (sulfide) groups is 1. The molecule has 1 atom stereocenters. The Kier molecular flexibility index (Phi) is 4.61. The monoisotopic (exact) mass is 384 g/mol. The highest BCUT2D eigenvalue weighted by atomic mass is 32.2. The summed E-state index contributed by atoms with van der Waals surface area (Å²) in [7, 11) is -3.28. The Morgan fingerprint density at radius 3 is 2.83 bits per heavy atom. The van der Waals surface area contributed by atoms with E-state index in [9.17, 15) is 22.8 Å². The van der Waals surface area contributed by atoms with Crippen LogP contribution in [0.5, 0.6) is 0 Å². The van der Waals surface area contributed by atoms with E-state index in [-0.39, 0.29) is 10.7 Å². The van der Waals surface area contributed by atoms with E-state index in [2.05, 4.69) is 5.32 Å². The summed E-state index contributed by atoms with van der Waals surface area (Å²) in [5, 5.41) is 4.86. The summed E-state index contributed by atoms with van der Waals surface area (Å²) in [5.74, 6) is -1.32. The van der Waals surface area contributed by atoms with Crippen LogP contribution in [-0.2, 0) is 19.4 Å². The Hall–Kier alpha value is -1.91. The van der Waals surface area contributed by atoms with E-state index in [1.165, 1.54) is 17.4 Å². The Morgan fingerprint density at radius 2 is 2.21 bits per heavy atom. The van der Waals surface area contributed by atoms with Crippen LogP contribution < -0.4 is 5.32 Å². The zero-order chi connectivity index (χ0) is 17.3. The number of hydrogen-bond acceptors (Lipinski definition) is 7. The third-order valence-corrected chi connectivity index (χ3v) is 6.39. The van der Waals surface area contributed by atoms with Gasteiger partial charge in [0, 0.05) is 10.3 Å². The molecular weight excluding hydrogens is 372 g/mol. The zero-order valence-electron chi connectivity index (χ0n) is 12.2. The van der Waals surface area contributed by atoms with Crippen LogP contribution in [0.3, 0.4) is 0 Å². The number of nitrogens with zero attached hydrogens (tertiary/aromatic N) is 1. The summed E-state index contributed by atoms with van der Waals surface area (Å²) in [6, 6.07) is 3.01. The fourth-order valence-electron chi connectivity index (χ4n) is 2.20. The molecule has 1 fully saturated rings. The summed E-state index contributed by atoms with van der Waals surface area (Å²) in [6.45, 7) is -0.434. The lowest BCUT2D eigenvalue weighted by Gasteiger charge is -2.14. The molecule has 10 heteroatoms. The molecule has 126 valence electrons. The largest absolute Gasteiger partial charge is 0.347 e. The molecule has 0 saturated carbocycles. The number of carbonyl (C=O) groups is 3. The van der Waals surface area contributed by atoms with E-state index in [1.807, 2.05) is 17.5 Å². The summed E-state index contributed by atoms with van der Waals surface area (Å²) < 4.78 is 22.6. The molecule has 3 rings (SSSR count). The van der Waals surface area contributed by atoms with E-state index >= 15 is 0 Å². The second kappa shape index (κ2) is 6.54. The van der Waals surface area contributed by atoms with Crippen molar-refractivity contribution in [2.45, 2.75) is 6.04 Å². The third-order valence-electron chi connectivity index (χ3n) is 3.27. The normalized spacial score (nSPS) is 24.1. The van der Waals surface area contributed by atoms with Crippen molar-refractivity contribution < 1.29 is 22.8 Å². The van der Waals surface area contributed by atoms with Gasteiger partial charge in [-0.3, -0.25) is 19.3 Å². The fourth-order valence-corrected chi connectivity index (χ4v) is 5.00. The van der Waals surface area contributed by atoms with Gasteiger partial charge >= 0.3 is 0 Å². The molecule has 1 aromatic heterocycles. The maximum Gasteiger partial charge on any atom is 0.294 e. The first-order valence-electron chi connectivity index (χ1n) is 6.83.